The summed E-state index contributed by atoms with van der Waals surface area (Å²) in [5, 5.41) is 10.7. The van der Waals surface area contributed by atoms with Crippen molar-refractivity contribution in [2.24, 2.45) is 7.05 Å². The predicted octanol–water partition coefficient (Wildman–Crippen LogP) is 1.36. The molecule has 2 aromatic rings. The molecule has 2 heterocycles. The number of carbonyl (C=O) groups is 1. The summed E-state index contributed by atoms with van der Waals surface area (Å²) in [7, 11) is 1.82. The summed E-state index contributed by atoms with van der Waals surface area (Å²) >= 11 is 5.88. The van der Waals surface area contributed by atoms with Crippen LogP contribution in [0.2, 0.25) is 5.15 Å². The van der Waals surface area contributed by atoms with Crippen molar-refractivity contribution in [1.82, 2.24) is 25.1 Å². The van der Waals surface area contributed by atoms with E-state index >= 15 is 0 Å². The second kappa shape index (κ2) is 5.79. The largest absolute Gasteiger partial charge is 0.345 e. The van der Waals surface area contributed by atoms with E-state index in [1.807, 2.05) is 14.0 Å². The summed E-state index contributed by atoms with van der Waals surface area (Å²) in [4.78, 5) is 16.1. The Morgan fingerprint density at radius 1 is 1.47 bits per heavy atom. The fourth-order valence-corrected chi connectivity index (χ4v) is 1.82. The van der Waals surface area contributed by atoms with Crippen LogP contribution in [-0.4, -0.2) is 25.7 Å². The highest BCUT2D eigenvalue weighted by atomic mass is 35.5. The van der Waals surface area contributed by atoms with E-state index in [0.717, 1.165) is 12.1 Å². The van der Waals surface area contributed by atoms with Crippen LogP contribution in [0.15, 0.2) is 18.5 Å². The second-order valence-corrected chi connectivity index (χ2v) is 4.45. The Hall–Kier alpha value is -1.95. The van der Waals surface area contributed by atoms with Crippen LogP contribution in [0.25, 0.3) is 0 Å². The molecule has 1 amide bonds. The van der Waals surface area contributed by atoms with E-state index in [1.165, 1.54) is 0 Å². The normalized spacial score (nSPS) is 10.5. The number of hydrogen-bond donors (Lipinski definition) is 1. The molecule has 2 aromatic heterocycles. The molecule has 0 radical (unpaired) electrons. The predicted molar refractivity (Wildman–Crippen MR) is 70.8 cm³/mol. The van der Waals surface area contributed by atoms with Crippen molar-refractivity contribution in [3.63, 3.8) is 0 Å². The lowest BCUT2D eigenvalue weighted by Crippen LogP contribution is -2.24. The van der Waals surface area contributed by atoms with Crippen LogP contribution in [0.1, 0.15) is 28.8 Å². The van der Waals surface area contributed by atoms with Gasteiger partial charge in [0.05, 0.1) is 6.54 Å². The van der Waals surface area contributed by atoms with Gasteiger partial charge in [0.1, 0.15) is 11.5 Å². The monoisotopic (exact) mass is 279 g/mol. The molecule has 100 valence electrons. The molecule has 0 spiro atoms. The van der Waals surface area contributed by atoms with Crippen molar-refractivity contribution in [2.75, 3.05) is 0 Å². The molecular formula is C12H14ClN5O. The topological polar surface area (TPSA) is 72.7 Å². The summed E-state index contributed by atoms with van der Waals surface area (Å²) in [6.45, 7) is 2.27. The third kappa shape index (κ3) is 3.29. The van der Waals surface area contributed by atoms with Crippen molar-refractivity contribution in [1.29, 1.82) is 0 Å². The Morgan fingerprint density at radius 2 is 2.26 bits per heavy atom. The van der Waals surface area contributed by atoms with E-state index in [1.54, 1.807) is 23.0 Å². The molecule has 0 bridgehead atoms. The third-order valence-electron chi connectivity index (χ3n) is 2.68. The van der Waals surface area contributed by atoms with E-state index in [4.69, 9.17) is 11.6 Å². The van der Waals surface area contributed by atoms with Crippen LogP contribution >= 0.6 is 11.6 Å². The average Bonchev–Trinajstić information content (AvgIpc) is 2.80. The highest BCUT2D eigenvalue weighted by Gasteiger charge is 2.10. The van der Waals surface area contributed by atoms with Crippen LogP contribution in [0.5, 0.6) is 0 Å². The zero-order valence-electron chi connectivity index (χ0n) is 10.7. The van der Waals surface area contributed by atoms with Gasteiger partial charge < -0.3 is 9.88 Å². The fraction of sp³-hybridized carbons (Fsp3) is 0.333. The minimum Gasteiger partial charge on any atom is -0.345 e. The van der Waals surface area contributed by atoms with Gasteiger partial charge >= 0.3 is 0 Å². The summed E-state index contributed by atoms with van der Waals surface area (Å²) in [6, 6.07) is 3.28. The number of carbonyl (C=O) groups excluding carboxylic acids is 1. The first-order valence-corrected chi connectivity index (χ1v) is 6.25. The number of nitrogens with zero attached hydrogens (tertiary/aromatic N) is 4. The summed E-state index contributed by atoms with van der Waals surface area (Å²) in [5.41, 5.74) is 1.29. The summed E-state index contributed by atoms with van der Waals surface area (Å²) in [6.07, 6.45) is 2.31. The minimum absolute atomic E-state index is 0.206. The van der Waals surface area contributed by atoms with Gasteiger partial charge in [-0.1, -0.05) is 18.5 Å². The quantitative estimate of drug-likeness (QED) is 0.858. The van der Waals surface area contributed by atoms with Gasteiger partial charge in [-0.2, -0.15) is 0 Å². The highest BCUT2D eigenvalue weighted by molar-refractivity contribution is 6.29. The molecule has 2 rings (SSSR count). The molecule has 0 saturated heterocycles. The average molecular weight is 280 g/mol. The SMILES string of the molecule is CCc1cc(C(=O)NCc2nncn2C)cc(Cl)n1. The molecule has 0 atom stereocenters. The van der Waals surface area contributed by atoms with Crippen molar-refractivity contribution in [2.45, 2.75) is 19.9 Å². The minimum atomic E-state index is -0.206. The number of halogens is 1. The van der Waals surface area contributed by atoms with Gasteiger partial charge in [-0.3, -0.25) is 4.79 Å². The summed E-state index contributed by atoms with van der Waals surface area (Å²) in [5.74, 6) is 0.478. The highest BCUT2D eigenvalue weighted by Crippen LogP contribution is 2.11. The van der Waals surface area contributed by atoms with E-state index in [9.17, 15) is 4.79 Å². The van der Waals surface area contributed by atoms with Crippen LogP contribution < -0.4 is 5.32 Å². The number of aryl methyl sites for hydroxylation is 2. The number of pyridine rings is 1. The van der Waals surface area contributed by atoms with Gasteiger partial charge in [0.2, 0.25) is 0 Å². The fourth-order valence-electron chi connectivity index (χ4n) is 1.59. The maximum absolute atomic E-state index is 12.0. The number of amides is 1. The van der Waals surface area contributed by atoms with Crippen LogP contribution in [0.4, 0.5) is 0 Å². The number of hydrogen-bond acceptors (Lipinski definition) is 4. The van der Waals surface area contributed by atoms with E-state index < -0.39 is 0 Å². The molecule has 0 aromatic carbocycles. The van der Waals surface area contributed by atoms with E-state index in [2.05, 4.69) is 20.5 Å². The molecule has 1 N–H and O–H groups in total. The smallest absolute Gasteiger partial charge is 0.251 e. The van der Waals surface area contributed by atoms with E-state index in [0.29, 0.717) is 23.1 Å². The first-order chi connectivity index (χ1) is 9.10. The Balaban J connectivity index is 2.08. The Bertz CT molecular complexity index is 596. The third-order valence-corrected chi connectivity index (χ3v) is 2.88. The van der Waals surface area contributed by atoms with Gasteiger partial charge in [0.15, 0.2) is 5.82 Å². The zero-order valence-corrected chi connectivity index (χ0v) is 11.5. The van der Waals surface area contributed by atoms with Crippen molar-refractivity contribution >= 4 is 17.5 Å². The van der Waals surface area contributed by atoms with Crippen molar-refractivity contribution in [3.8, 4) is 0 Å². The van der Waals surface area contributed by atoms with Gasteiger partial charge in [-0.25, -0.2) is 4.98 Å². The lowest BCUT2D eigenvalue weighted by atomic mass is 10.2. The molecule has 0 aliphatic carbocycles. The molecule has 0 fully saturated rings. The maximum Gasteiger partial charge on any atom is 0.251 e. The standard InChI is InChI=1S/C12H14ClN5O/c1-3-9-4-8(5-10(13)16-9)12(19)14-6-11-17-15-7-18(11)2/h4-5,7H,3,6H2,1-2H3,(H,14,19). The molecular weight excluding hydrogens is 266 g/mol. The van der Waals surface area contributed by atoms with Crippen LogP contribution in [0, 0.1) is 0 Å². The van der Waals surface area contributed by atoms with Crippen molar-refractivity contribution < 1.29 is 4.79 Å². The van der Waals surface area contributed by atoms with Gasteiger partial charge in [0, 0.05) is 18.3 Å². The summed E-state index contributed by atoms with van der Waals surface area (Å²) < 4.78 is 1.75. The molecule has 0 aliphatic heterocycles. The first-order valence-electron chi connectivity index (χ1n) is 5.87. The van der Waals surface area contributed by atoms with Crippen molar-refractivity contribution in [3.05, 3.63) is 40.7 Å². The Morgan fingerprint density at radius 3 is 2.89 bits per heavy atom. The number of aromatic nitrogens is 4. The maximum atomic E-state index is 12.0. The number of rotatable bonds is 4. The van der Waals surface area contributed by atoms with E-state index in [-0.39, 0.29) is 5.91 Å². The Labute approximate surface area is 115 Å². The molecule has 0 unspecified atom stereocenters. The van der Waals surface area contributed by atoms with Crippen LogP contribution in [0.3, 0.4) is 0 Å². The molecule has 6 nitrogen and oxygen atoms in total. The number of nitrogens with one attached hydrogen (secondary N) is 1. The zero-order chi connectivity index (χ0) is 13.8. The van der Waals surface area contributed by atoms with Gasteiger partial charge in [-0.15, -0.1) is 10.2 Å². The lowest BCUT2D eigenvalue weighted by molar-refractivity contribution is 0.0949. The Kier molecular flexibility index (Phi) is 4.11. The second-order valence-electron chi connectivity index (χ2n) is 4.06. The van der Waals surface area contributed by atoms with Gasteiger partial charge in [0.25, 0.3) is 5.91 Å². The molecule has 0 aliphatic rings. The lowest BCUT2D eigenvalue weighted by Gasteiger charge is -2.06. The van der Waals surface area contributed by atoms with Gasteiger partial charge in [-0.05, 0) is 18.6 Å². The molecule has 7 heteroatoms. The first kappa shape index (κ1) is 13.5. The molecule has 0 saturated carbocycles. The molecule has 19 heavy (non-hydrogen) atoms. The van der Waals surface area contributed by atoms with Crippen LogP contribution in [-0.2, 0) is 20.0 Å².